The van der Waals surface area contributed by atoms with Crippen molar-refractivity contribution in [2.24, 2.45) is 4.99 Å². The molecule has 27 heavy (non-hydrogen) atoms. The zero-order valence-electron chi connectivity index (χ0n) is 15.3. The number of ether oxygens (including phenoxy) is 1. The highest BCUT2D eigenvalue weighted by atomic mass is 19.4. The molecule has 2 rings (SSSR count). The number of alkyl halides is 3. The number of nitrogens with zero attached hydrogens (tertiary/aromatic N) is 2. The molecule has 0 spiro atoms. The monoisotopic (exact) mass is 380 g/mol. The Morgan fingerprint density at radius 2 is 1.85 bits per heavy atom. The smallest absolute Gasteiger partial charge is 0.422 e. The summed E-state index contributed by atoms with van der Waals surface area (Å²) in [6.07, 6.45) is -2.99. The van der Waals surface area contributed by atoms with Gasteiger partial charge in [0.2, 0.25) is 5.88 Å². The molecule has 146 valence electrons. The van der Waals surface area contributed by atoms with Gasteiger partial charge in [0.15, 0.2) is 12.6 Å². The molecule has 0 amide bonds. The molecule has 0 bridgehead atoms. The predicted molar refractivity (Wildman–Crippen MR) is 98.6 cm³/mol. The van der Waals surface area contributed by atoms with E-state index in [0.717, 1.165) is 5.56 Å². The maximum absolute atomic E-state index is 12.2. The fraction of sp³-hybridized carbons (Fsp3) is 0.368. The van der Waals surface area contributed by atoms with Gasteiger partial charge in [-0.25, -0.2) is 9.98 Å². The average Bonchev–Trinajstić information content (AvgIpc) is 2.63. The van der Waals surface area contributed by atoms with Crippen molar-refractivity contribution in [2.75, 3.05) is 13.2 Å². The molecule has 0 radical (unpaired) electrons. The number of hydrogen-bond acceptors (Lipinski definition) is 3. The number of nitrogens with one attached hydrogen (secondary N) is 2. The van der Waals surface area contributed by atoms with Gasteiger partial charge < -0.3 is 15.4 Å². The lowest BCUT2D eigenvalue weighted by Crippen LogP contribution is -2.36. The minimum atomic E-state index is -4.39. The number of benzene rings is 1. The van der Waals surface area contributed by atoms with Gasteiger partial charge in [-0.2, -0.15) is 13.2 Å². The molecular weight excluding hydrogens is 357 g/mol. The molecule has 2 N–H and O–H groups in total. The lowest BCUT2D eigenvalue weighted by Gasteiger charge is -2.12. The lowest BCUT2D eigenvalue weighted by molar-refractivity contribution is -0.154. The first-order valence-electron chi connectivity index (χ1n) is 8.58. The summed E-state index contributed by atoms with van der Waals surface area (Å²) >= 11 is 0. The second kappa shape index (κ2) is 9.80. The Kier molecular flexibility index (Phi) is 7.45. The SMILES string of the molecule is CCNC(=NCc1ccnc(OCC(F)(F)F)c1)NCc1ccc(C)cc1. The van der Waals surface area contributed by atoms with Gasteiger partial charge in [-0.3, -0.25) is 0 Å². The fourth-order valence-corrected chi connectivity index (χ4v) is 2.19. The summed E-state index contributed by atoms with van der Waals surface area (Å²) in [5.74, 6) is 0.547. The van der Waals surface area contributed by atoms with Crippen LogP contribution in [-0.2, 0) is 13.1 Å². The molecule has 1 aromatic heterocycles. The van der Waals surface area contributed by atoms with Crippen molar-refractivity contribution in [1.82, 2.24) is 15.6 Å². The topological polar surface area (TPSA) is 58.5 Å². The van der Waals surface area contributed by atoms with E-state index in [9.17, 15) is 13.2 Å². The van der Waals surface area contributed by atoms with Crippen molar-refractivity contribution in [3.8, 4) is 5.88 Å². The van der Waals surface area contributed by atoms with E-state index in [1.807, 2.05) is 38.1 Å². The van der Waals surface area contributed by atoms with E-state index in [2.05, 4.69) is 25.3 Å². The molecule has 0 unspecified atom stereocenters. The van der Waals surface area contributed by atoms with E-state index in [4.69, 9.17) is 0 Å². The maximum Gasteiger partial charge on any atom is 0.422 e. The van der Waals surface area contributed by atoms with Crippen molar-refractivity contribution in [2.45, 2.75) is 33.1 Å². The standard InChI is InChI=1S/C19H23F3N4O/c1-3-23-18(25-11-15-6-4-14(2)5-7-15)26-12-16-8-9-24-17(10-16)27-13-19(20,21)22/h4-10H,3,11-13H2,1-2H3,(H2,23,25,26). The fourth-order valence-electron chi connectivity index (χ4n) is 2.19. The third kappa shape index (κ3) is 7.98. The van der Waals surface area contributed by atoms with Gasteiger partial charge in [0.05, 0.1) is 6.54 Å². The summed E-state index contributed by atoms with van der Waals surface area (Å²) in [5, 5.41) is 6.37. The summed E-state index contributed by atoms with van der Waals surface area (Å²) < 4.78 is 41.4. The Morgan fingerprint density at radius 3 is 2.52 bits per heavy atom. The number of pyridine rings is 1. The van der Waals surface area contributed by atoms with Crippen molar-refractivity contribution in [1.29, 1.82) is 0 Å². The van der Waals surface area contributed by atoms with Crippen LogP contribution >= 0.6 is 0 Å². The molecule has 0 fully saturated rings. The maximum atomic E-state index is 12.2. The zero-order chi connectivity index (χ0) is 19.7. The molecule has 0 aliphatic carbocycles. The summed E-state index contributed by atoms with van der Waals surface area (Å²) in [6.45, 7) is 4.21. The zero-order valence-corrected chi connectivity index (χ0v) is 15.3. The second-order valence-corrected chi connectivity index (χ2v) is 5.94. The van der Waals surface area contributed by atoms with Crippen LogP contribution in [0.4, 0.5) is 13.2 Å². The highest BCUT2D eigenvalue weighted by Gasteiger charge is 2.28. The average molecular weight is 380 g/mol. The number of guanidine groups is 1. The first kappa shape index (κ1) is 20.5. The van der Waals surface area contributed by atoms with Gasteiger partial charge in [-0.15, -0.1) is 0 Å². The minimum Gasteiger partial charge on any atom is -0.468 e. The van der Waals surface area contributed by atoms with Gasteiger partial charge in [0, 0.05) is 25.4 Å². The van der Waals surface area contributed by atoms with Crippen LogP contribution in [0.3, 0.4) is 0 Å². The Balaban J connectivity index is 1.96. The van der Waals surface area contributed by atoms with E-state index in [1.54, 1.807) is 6.07 Å². The van der Waals surface area contributed by atoms with E-state index in [1.165, 1.54) is 17.8 Å². The van der Waals surface area contributed by atoms with Crippen molar-refractivity contribution >= 4 is 5.96 Å². The quantitative estimate of drug-likeness (QED) is 0.569. The number of aryl methyl sites for hydroxylation is 1. The highest BCUT2D eigenvalue weighted by Crippen LogP contribution is 2.17. The molecular formula is C19H23F3N4O. The molecule has 1 aromatic carbocycles. The van der Waals surface area contributed by atoms with Crippen LogP contribution in [0.25, 0.3) is 0 Å². The summed E-state index contributed by atoms with van der Waals surface area (Å²) in [5.41, 5.74) is 3.02. The summed E-state index contributed by atoms with van der Waals surface area (Å²) in [4.78, 5) is 8.24. The van der Waals surface area contributed by atoms with Crippen LogP contribution < -0.4 is 15.4 Å². The van der Waals surface area contributed by atoms with Crippen LogP contribution in [0.15, 0.2) is 47.6 Å². The van der Waals surface area contributed by atoms with Crippen molar-refractivity contribution in [3.63, 3.8) is 0 Å². The molecule has 1 heterocycles. The van der Waals surface area contributed by atoms with Gasteiger partial charge in [0.1, 0.15) is 0 Å². The molecule has 0 saturated carbocycles. The largest absolute Gasteiger partial charge is 0.468 e. The minimum absolute atomic E-state index is 0.0716. The first-order chi connectivity index (χ1) is 12.9. The predicted octanol–water partition coefficient (Wildman–Crippen LogP) is 3.59. The van der Waals surface area contributed by atoms with Gasteiger partial charge >= 0.3 is 6.18 Å². The molecule has 5 nitrogen and oxygen atoms in total. The molecule has 0 aliphatic heterocycles. The van der Waals surface area contributed by atoms with Crippen molar-refractivity contribution in [3.05, 3.63) is 59.3 Å². The third-order valence-electron chi connectivity index (χ3n) is 3.53. The van der Waals surface area contributed by atoms with E-state index in [0.29, 0.717) is 24.6 Å². The Hall–Kier alpha value is -2.77. The molecule has 0 atom stereocenters. The number of halogens is 3. The number of aromatic nitrogens is 1. The summed E-state index contributed by atoms with van der Waals surface area (Å²) in [6, 6.07) is 11.3. The van der Waals surface area contributed by atoms with E-state index in [-0.39, 0.29) is 12.4 Å². The van der Waals surface area contributed by atoms with Crippen LogP contribution in [0.1, 0.15) is 23.6 Å². The number of rotatable bonds is 7. The Labute approximate surface area is 156 Å². The lowest BCUT2D eigenvalue weighted by atomic mass is 10.1. The highest BCUT2D eigenvalue weighted by molar-refractivity contribution is 5.79. The summed E-state index contributed by atoms with van der Waals surface area (Å²) in [7, 11) is 0. The normalized spacial score (nSPS) is 12.0. The van der Waals surface area contributed by atoms with Gasteiger partial charge in [0.25, 0.3) is 0 Å². The molecule has 0 saturated heterocycles. The Bertz CT molecular complexity index is 745. The molecule has 8 heteroatoms. The van der Waals surface area contributed by atoms with Crippen molar-refractivity contribution < 1.29 is 17.9 Å². The van der Waals surface area contributed by atoms with Gasteiger partial charge in [-0.1, -0.05) is 29.8 Å². The Morgan fingerprint density at radius 1 is 1.11 bits per heavy atom. The van der Waals surface area contributed by atoms with Crippen LogP contribution in [0, 0.1) is 6.92 Å². The van der Waals surface area contributed by atoms with E-state index >= 15 is 0 Å². The first-order valence-corrected chi connectivity index (χ1v) is 8.58. The van der Waals surface area contributed by atoms with Gasteiger partial charge in [-0.05, 0) is 31.0 Å². The third-order valence-corrected chi connectivity index (χ3v) is 3.53. The number of hydrogen-bond donors (Lipinski definition) is 2. The molecule has 0 aliphatic rings. The molecule has 2 aromatic rings. The van der Waals surface area contributed by atoms with Crippen LogP contribution in [-0.4, -0.2) is 30.3 Å². The second-order valence-electron chi connectivity index (χ2n) is 5.94. The van der Waals surface area contributed by atoms with E-state index < -0.39 is 12.8 Å². The van der Waals surface area contributed by atoms with Crippen LogP contribution in [0.5, 0.6) is 5.88 Å². The van der Waals surface area contributed by atoms with Crippen LogP contribution in [0.2, 0.25) is 0 Å². The number of aliphatic imine (C=N–C) groups is 1.